The summed E-state index contributed by atoms with van der Waals surface area (Å²) in [4.78, 5) is 15.1. The number of carbonyl (C=O) groups is 1. The van der Waals surface area contributed by atoms with E-state index < -0.39 is 0 Å². The number of fused-ring (bicyclic) bond motifs is 1. The minimum absolute atomic E-state index is 0.0985. The molecular weight excluding hydrogens is 276 g/mol. The molecule has 3 rings (SSSR count). The number of anilines is 1. The molecule has 1 N–H and O–H groups in total. The van der Waals surface area contributed by atoms with Gasteiger partial charge in [0.05, 0.1) is 18.2 Å². The van der Waals surface area contributed by atoms with E-state index in [1.165, 1.54) is 11.3 Å². The van der Waals surface area contributed by atoms with Crippen LogP contribution in [0.3, 0.4) is 0 Å². The van der Waals surface area contributed by atoms with Crippen molar-refractivity contribution in [2.45, 2.75) is 58.4 Å². The van der Waals surface area contributed by atoms with Crippen molar-refractivity contribution in [2.75, 3.05) is 18.4 Å². The zero-order valence-electron chi connectivity index (χ0n) is 13.9. The SMILES string of the molecule is CC1Cc2cc(C(=O)C(C)N3CC(C)OC(C)C3)ccc2N1. The quantitative estimate of drug-likeness (QED) is 0.872. The average Bonchev–Trinajstić information content (AvgIpc) is 2.83. The third kappa shape index (κ3) is 3.03. The van der Waals surface area contributed by atoms with Crippen molar-refractivity contribution in [3.8, 4) is 0 Å². The normalized spacial score (nSPS) is 29.7. The molecule has 22 heavy (non-hydrogen) atoms. The Labute approximate surface area is 132 Å². The van der Waals surface area contributed by atoms with Gasteiger partial charge in [0.2, 0.25) is 0 Å². The van der Waals surface area contributed by atoms with Crippen LogP contribution < -0.4 is 5.32 Å². The molecule has 0 saturated carbocycles. The minimum atomic E-state index is -0.0985. The number of ether oxygens (including phenoxy) is 1. The molecule has 4 nitrogen and oxygen atoms in total. The van der Waals surface area contributed by atoms with Gasteiger partial charge in [-0.2, -0.15) is 0 Å². The lowest BCUT2D eigenvalue weighted by atomic mass is 9.99. The third-order valence-electron chi connectivity index (χ3n) is 4.69. The third-order valence-corrected chi connectivity index (χ3v) is 4.69. The second kappa shape index (κ2) is 6.01. The lowest BCUT2D eigenvalue weighted by Crippen LogP contribution is -2.51. The van der Waals surface area contributed by atoms with Gasteiger partial charge in [-0.05, 0) is 57.9 Å². The number of morpholine rings is 1. The summed E-state index contributed by atoms with van der Waals surface area (Å²) in [6.07, 6.45) is 1.37. The summed E-state index contributed by atoms with van der Waals surface area (Å²) in [5.41, 5.74) is 3.26. The number of nitrogens with one attached hydrogen (secondary N) is 1. The van der Waals surface area contributed by atoms with Crippen LogP contribution in [0.15, 0.2) is 18.2 Å². The van der Waals surface area contributed by atoms with Gasteiger partial charge >= 0.3 is 0 Å². The molecule has 0 aromatic heterocycles. The van der Waals surface area contributed by atoms with E-state index in [0.29, 0.717) is 6.04 Å². The van der Waals surface area contributed by atoms with Crippen LogP contribution >= 0.6 is 0 Å². The van der Waals surface area contributed by atoms with E-state index in [2.05, 4.69) is 37.1 Å². The summed E-state index contributed by atoms with van der Waals surface area (Å²) in [7, 11) is 0. The van der Waals surface area contributed by atoms with Crippen molar-refractivity contribution in [3.05, 3.63) is 29.3 Å². The maximum absolute atomic E-state index is 12.8. The number of nitrogens with zero attached hydrogens (tertiary/aromatic N) is 1. The van der Waals surface area contributed by atoms with E-state index in [-0.39, 0.29) is 24.0 Å². The molecule has 1 aromatic carbocycles. The summed E-state index contributed by atoms with van der Waals surface area (Å²) < 4.78 is 5.76. The largest absolute Gasteiger partial charge is 0.382 e. The Morgan fingerprint density at radius 2 is 1.95 bits per heavy atom. The highest BCUT2D eigenvalue weighted by atomic mass is 16.5. The van der Waals surface area contributed by atoms with E-state index in [9.17, 15) is 4.79 Å². The number of Topliss-reactive ketones (excluding diaryl/α,β-unsaturated/α-hetero) is 1. The van der Waals surface area contributed by atoms with Crippen LogP contribution in [0.1, 0.15) is 43.6 Å². The van der Waals surface area contributed by atoms with Crippen LogP contribution in [0, 0.1) is 0 Å². The zero-order valence-corrected chi connectivity index (χ0v) is 13.9. The first-order valence-electron chi connectivity index (χ1n) is 8.27. The Balaban J connectivity index is 1.75. The summed E-state index contributed by atoms with van der Waals surface area (Å²) in [5.74, 6) is 0.212. The van der Waals surface area contributed by atoms with Crippen molar-refractivity contribution in [1.82, 2.24) is 4.90 Å². The summed E-state index contributed by atoms with van der Waals surface area (Å²) in [5, 5.41) is 3.43. The van der Waals surface area contributed by atoms with Crippen molar-refractivity contribution >= 4 is 11.5 Å². The zero-order chi connectivity index (χ0) is 15.9. The highest BCUT2D eigenvalue weighted by Gasteiger charge is 2.30. The highest BCUT2D eigenvalue weighted by Crippen LogP contribution is 2.27. The smallest absolute Gasteiger partial charge is 0.179 e. The summed E-state index contributed by atoms with van der Waals surface area (Å²) in [6, 6.07) is 6.43. The molecule has 0 bridgehead atoms. The molecule has 0 amide bonds. The average molecular weight is 302 g/mol. The van der Waals surface area contributed by atoms with Gasteiger partial charge < -0.3 is 10.1 Å². The van der Waals surface area contributed by atoms with Crippen LogP contribution in [0.5, 0.6) is 0 Å². The van der Waals surface area contributed by atoms with E-state index in [0.717, 1.165) is 25.1 Å². The molecule has 2 aliphatic rings. The lowest BCUT2D eigenvalue weighted by Gasteiger charge is -2.38. The Hall–Kier alpha value is -1.39. The van der Waals surface area contributed by atoms with Crippen molar-refractivity contribution in [2.24, 2.45) is 0 Å². The monoisotopic (exact) mass is 302 g/mol. The van der Waals surface area contributed by atoms with Gasteiger partial charge in [-0.15, -0.1) is 0 Å². The van der Waals surface area contributed by atoms with Gasteiger partial charge in [0.15, 0.2) is 5.78 Å². The molecule has 4 atom stereocenters. The maximum Gasteiger partial charge on any atom is 0.179 e. The summed E-state index contributed by atoms with van der Waals surface area (Å²) in [6.45, 7) is 9.97. The predicted molar refractivity (Wildman–Crippen MR) is 88.6 cm³/mol. The number of rotatable bonds is 3. The molecule has 4 heteroatoms. The fraction of sp³-hybridized carbons (Fsp3) is 0.611. The summed E-state index contributed by atoms with van der Waals surface area (Å²) >= 11 is 0. The van der Waals surface area contributed by atoms with Gasteiger partial charge in [-0.3, -0.25) is 9.69 Å². The van der Waals surface area contributed by atoms with Crippen LogP contribution in [0.25, 0.3) is 0 Å². The van der Waals surface area contributed by atoms with E-state index >= 15 is 0 Å². The van der Waals surface area contributed by atoms with Gasteiger partial charge in [0, 0.05) is 30.4 Å². The predicted octanol–water partition coefficient (Wildman–Crippen LogP) is 2.72. The van der Waals surface area contributed by atoms with Gasteiger partial charge in [-0.1, -0.05) is 0 Å². The Bertz CT molecular complexity index is 562. The Kier molecular flexibility index (Phi) is 4.24. The number of hydrogen-bond donors (Lipinski definition) is 1. The standard InChI is InChI=1S/C18H26N2O2/c1-11-7-16-8-15(5-6-17(16)19-11)18(21)14(4)20-9-12(2)22-13(3)10-20/h5-6,8,11-14,19H,7,9-10H2,1-4H3. The molecule has 1 aromatic rings. The first-order valence-corrected chi connectivity index (χ1v) is 8.27. The molecule has 1 fully saturated rings. The Morgan fingerprint density at radius 1 is 1.27 bits per heavy atom. The van der Waals surface area contributed by atoms with Crippen molar-refractivity contribution in [3.63, 3.8) is 0 Å². The number of benzene rings is 1. The topological polar surface area (TPSA) is 41.6 Å². The van der Waals surface area contributed by atoms with Crippen molar-refractivity contribution in [1.29, 1.82) is 0 Å². The fourth-order valence-electron chi connectivity index (χ4n) is 3.64. The molecule has 0 aliphatic carbocycles. The second-order valence-corrected chi connectivity index (χ2v) is 6.87. The first-order chi connectivity index (χ1) is 10.4. The Morgan fingerprint density at radius 3 is 2.64 bits per heavy atom. The van der Waals surface area contributed by atoms with Crippen LogP contribution in [-0.2, 0) is 11.2 Å². The molecule has 120 valence electrons. The van der Waals surface area contributed by atoms with E-state index in [1.54, 1.807) is 0 Å². The lowest BCUT2D eigenvalue weighted by molar-refractivity contribution is -0.0744. The van der Waals surface area contributed by atoms with Crippen LogP contribution in [0.2, 0.25) is 0 Å². The number of ketones is 1. The highest BCUT2D eigenvalue weighted by molar-refractivity contribution is 6.00. The molecule has 4 unspecified atom stereocenters. The first kappa shape index (κ1) is 15.5. The van der Waals surface area contributed by atoms with Gasteiger partial charge in [0.25, 0.3) is 0 Å². The van der Waals surface area contributed by atoms with E-state index in [4.69, 9.17) is 4.74 Å². The van der Waals surface area contributed by atoms with Gasteiger partial charge in [0.1, 0.15) is 0 Å². The maximum atomic E-state index is 12.8. The fourth-order valence-corrected chi connectivity index (χ4v) is 3.64. The molecule has 0 radical (unpaired) electrons. The molecule has 0 spiro atoms. The van der Waals surface area contributed by atoms with E-state index in [1.807, 2.05) is 19.1 Å². The van der Waals surface area contributed by atoms with Gasteiger partial charge in [-0.25, -0.2) is 0 Å². The molecular formula is C18H26N2O2. The van der Waals surface area contributed by atoms with Crippen molar-refractivity contribution < 1.29 is 9.53 Å². The van der Waals surface area contributed by atoms with Crippen LogP contribution in [-0.4, -0.2) is 48.1 Å². The molecule has 2 heterocycles. The number of carbonyl (C=O) groups excluding carboxylic acids is 1. The molecule has 2 aliphatic heterocycles. The molecule has 1 saturated heterocycles. The second-order valence-electron chi connectivity index (χ2n) is 6.87. The minimum Gasteiger partial charge on any atom is -0.382 e. The van der Waals surface area contributed by atoms with Crippen LogP contribution in [0.4, 0.5) is 5.69 Å². The number of hydrogen-bond acceptors (Lipinski definition) is 4.